The minimum atomic E-state index is -0.384. The molecule has 8 nitrogen and oxygen atoms in total. The van der Waals surface area contributed by atoms with Gasteiger partial charge in [0.1, 0.15) is 11.2 Å². The van der Waals surface area contributed by atoms with E-state index in [9.17, 15) is 9.90 Å². The predicted octanol–water partition coefficient (Wildman–Crippen LogP) is 2.44. The second-order valence-corrected chi connectivity index (χ2v) is 7.52. The molecule has 0 saturated heterocycles. The summed E-state index contributed by atoms with van der Waals surface area (Å²) in [6, 6.07) is 5.34. The molecule has 3 rings (SSSR count). The van der Waals surface area contributed by atoms with Crippen LogP contribution in [0.15, 0.2) is 30.6 Å². The lowest BCUT2D eigenvalue weighted by atomic mass is 10.0. The van der Waals surface area contributed by atoms with Gasteiger partial charge in [0.15, 0.2) is 5.65 Å². The van der Waals surface area contributed by atoms with Crippen molar-refractivity contribution < 1.29 is 9.90 Å². The standard InChI is InChI=1S/C20H24N6O2/c1-20(2,3)26-19(28)13-8-23-18-17(13)25-15(9-24-18)16(21)12-7-11(10-27)5-6-14(12)22-4/h5-9,21-22,27H,10H2,1-4H3,(H,23,24)(H,26,28). The van der Waals surface area contributed by atoms with Crippen LogP contribution < -0.4 is 10.6 Å². The lowest BCUT2D eigenvalue weighted by Gasteiger charge is -2.20. The molecule has 3 aromatic rings. The number of amides is 1. The zero-order valence-corrected chi connectivity index (χ0v) is 16.3. The second-order valence-electron chi connectivity index (χ2n) is 7.52. The number of rotatable bonds is 5. The molecule has 5 N–H and O–H groups in total. The van der Waals surface area contributed by atoms with Crippen molar-refractivity contribution in [3.63, 3.8) is 0 Å². The third kappa shape index (κ3) is 3.86. The smallest absolute Gasteiger partial charge is 0.255 e. The van der Waals surface area contributed by atoms with E-state index in [1.54, 1.807) is 31.4 Å². The lowest BCUT2D eigenvalue weighted by Crippen LogP contribution is -2.40. The Hall–Kier alpha value is -3.26. The van der Waals surface area contributed by atoms with Crippen LogP contribution in [0, 0.1) is 5.41 Å². The molecule has 0 fully saturated rings. The first-order valence-electron chi connectivity index (χ1n) is 8.91. The Morgan fingerprint density at radius 1 is 1.29 bits per heavy atom. The van der Waals surface area contributed by atoms with Crippen molar-refractivity contribution in [3.8, 4) is 0 Å². The number of nitrogens with one attached hydrogen (secondary N) is 4. The van der Waals surface area contributed by atoms with Gasteiger partial charge >= 0.3 is 0 Å². The average Bonchev–Trinajstić information content (AvgIpc) is 3.08. The van der Waals surface area contributed by atoms with E-state index in [0.29, 0.717) is 33.5 Å². The van der Waals surface area contributed by atoms with Crippen molar-refractivity contribution in [1.82, 2.24) is 20.3 Å². The number of hydrogen-bond donors (Lipinski definition) is 5. The Balaban J connectivity index is 2.04. The zero-order valence-electron chi connectivity index (χ0n) is 16.3. The van der Waals surface area contributed by atoms with Gasteiger partial charge in [0.25, 0.3) is 5.91 Å². The number of carbonyl (C=O) groups is 1. The highest BCUT2D eigenvalue weighted by Gasteiger charge is 2.21. The van der Waals surface area contributed by atoms with Crippen LogP contribution >= 0.6 is 0 Å². The lowest BCUT2D eigenvalue weighted by molar-refractivity contribution is 0.0921. The maximum Gasteiger partial charge on any atom is 0.255 e. The summed E-state index contributed by atoms with van der Waals surface area (Å²) < 4.78 is 0. The molecule has 0 bridgehead atoms. The Bertz CT molecular complexity index is 1050. The number of nitrogens with zero attached hydrogens (tertiary/aromatic N) is 2. The molecule has 0 aliphatic heterocycles. The number of hydrogen-bond acceptors (Lipinski definition) is 6. The first kappa shape index (κ1) is 19.5. The van der Waals surface area contributed by atoms with Crippen LogP contribution in [-0.2, 0) is 6.61 Å². The van der Waals surface area contributed by atoms with Gasteiger partial charge in [0, 0.05) is 30.0 Å². The summed E-state index contributed by atoms with van der Waals surface area (Å²) in [5.74, 6) is -0.255. The van der Waals surface area contributed by atoms with Crippen LogP contribution in [0.4, 0.5) is 5.69 Å². The van der Waals surface area contributed by atoms with Crippen molar-refractivity contribution >= 4 is 28.5 Å². The quantitative estimate of drug-likeness (QED) is 0.435. The molecule has 2 heterocycles. The number of H-pyrrole nitrogens is 1. The molecule has 0 aliphatic rings. The van der Waals surface area contributed by atoms with Crippen LogP contribution in [0.2, 0.25) is 0 Å². The van der Waals surface area contributed by atoms with E-state index in [0.717, 1.165) is 5.69 Å². The molecular weight excluding hydrogens is 356 g/mol. The summed E-state index contributed by atoms with van der Waals surface area (Å²) >= 11 is 0. The van der Waals surface area contributed by atoms with Crippen molar-refractivity contribution in [2.24, 2.45) is 0 Å². The Morgan fingerprint density at radius 2 is 2.04 bits per heavy atom. The molecule has 28 heavy (non-hydrogen) atoms. The van der Waals surface area contributed by atoms with Gasteiger partial charge in [0.2, 0.25) is 0 Å². The Kier molecular flexibility index (Phi) is 5.15. The number of aromatic amines is 1. The van der Waals surface area contributed by atoms with E-state index >= 15 is 0 Å². The fraction of sp³-hybridized carbons (Fsp3) is 0.300. The van der Waals surface area contributed by atoms with E-state index < -0.39 is 0 Å². The van der Waals surface area contributed by atoms with Crippen molar-refractivity contribution in [2.75, 3.05) is 12.4 Å². The van der Waals surface area contributed by atoms with Crippen molar-refractivity contribution in [1.29, 1.82) is 5.41 Å². The zero-order chi connectivity index (χ0) is 20.5. The molecule has 2 aromatic heterocycles. The number of benzene rings is 1. The fourth-order valence-electron chi connectivity index (χ4n) is 2.85. The number of aliphatic hydroxyl groups excluding tert-OH is 1. The van der Waals surface area contributed by atoms with Crippen LogP contribution in [-0.4, -0.2) is 44.3 Å². The third-order valence-corrected chi connectivity index (χ3v) is 4.18. The van der Waals surface area contributed by atoms with Gasteiger partial charge in [0.05, 0.1) is 24.1 Å². The highest BCUT2D eigenvalue weighted by Crippen LogP contribution is 2.22. The van der Waals surface area contributed by atoms with E-state index in [1.807, 2.05) is 20.8 Å². The third-order valence-electron chi connectivity index (χ3n) is 4.18. The number of anilines is 1. The van der Waals surface area contributed by atoms with Gasteiger partial charge in [-0.1, -0.05) is 6.07 Å². The van der Waals surface area contributed by atoms with Crippen molar-refractivity contribution in [3.05, 3.63) is 53.0 Å². The summed E-state index contributed by atoms with van der Waals surface area (Å²) in [7, 11) is 1.76. The molecule has 1 amide bonds. The van der Waals surface area contributed by atoms with Gasteiger partial charge < -0.3 is 20.7 Å². The highest BCUT2D eigenvalue weighted by atomic mass is 16.3. The van der Waals surface area contributed by atoms with Gasteiger partial charge in [-0.3, -0.25) is 10.2 Å². The maximum atomic E-state index is 12.6. The summed E-state index contributed by atoms with van der Waals surface area (Å²) in [4.78, 5) is 24.4. The number of carbonyl (C=O) groups excluding carboxylic acids is 1. The monoisotopic (exact) mass is 380 g/mol. The number of aliphatic hydroxyl groups is 1. The summed E-state index contributed by atoms with van der Waals surface area (Å²) in [6.45, 7) is 5.59. The normalized spacial score (nSPS) is 11.5. The minimum absolute atomic E-state index is 0.121. The van der Waals surface area contributed by atoms with E-state index in [4.69, 9.17) is 5.41 Å². The van der Waals surface area contributed by atoms with Gasteiger partial charge in [-0.2, -0.15) is 0 Å². The minimum Gasteiger partial charge on any atom is -0.392 e. The molecule has 0 atom stereocenters. The SMILES string of the molecule is CNc1ccc(CO)cc1C(=N)c1cnc2[nH]cc(C(=O)NC(C)(C)C)c2n1. The fourth-order valence-corrected chi connectivity index (χ4v) is 2.85. The van der Waals surface area contributed by atoms with E-state index in [2.05, 4.69) is 25.6 Å². The van der Waals surface area contributed by atoms with Crippen LogP contribution in [0.5, 0.6) is 0 Å². The van der Waals surface area contributed by atoms with E-state index in [1.165, 1.54) is 6.20 Å². The highest BCUT2D eigenvalue weighted by molar-refractivity contribution is 6.14. The first-order chi connectivity index (χ1) is 13.2. The molecule has 1 aromatic carbocycles. The first-order valence-corrected chi connectivity index (χ1v) is 8.91. The van der Waals surface area contributed by atoms with Gasteiger partial charge in [-0.25, -0.2) is 9.97 Å². The van der Waals surface area contributed by atoms with Crippen molar-refractivity contribution in [2.45, 2.75) is 32.9 Å². The summed E-state index contributed by atoms with van der Waals surface area (Å²) in [6.07, 6.45) is 3.07. The predicted molar refractivity (Wildman–Crippen MR) is 109 cm³/mol. The molecule has 0 saturated carbocycles. The summed E-state index contributed by atoms with van der Waals surface area (Å²) in [5, 5.41) is 24.0. The molecule has 0 aliphatic carbocycles. The molecule has 0 radical (unpaired) electrons. The molecule has 8 heteroatoms. The second kappa shape index (κ2) is 7.40. The topological polar surface area (TPSA) is 127 Å². The van der Waals surface area contributed by atoms with E-state index in [-0.39, 0.29) is 23.8 Å². The molecule has 146 valence electrons. The number of fused-ring (bicyclic) bond motifs is 1. The van der Waals surface area contributed by atoms with Crippen LogP contribution in [0.1, 0.15) is 48.0 Å². The largest absolute Gasteiger partial charge is 0.392 e. The maximum absolute atomic E-state index is 12.6. The van der Waals surface area contributed by atoms with Crippen LogP contribution in [0.3, 0.4) is 0 Å². The molecule has 0 unspecified atom stereocenters. The number of aromatic nitrogens is 3. The molecular formula is C20H24N6O2. The Labute approximate surface area is 162 Å². The van der Waals surface area contributed by atoms with Gasteiger partial charge in [-0.15, -0.1) is 0 Å². The average molecular weight is 380 g/mol. The summed E-state index contributed by atoms with van der Waals surface area (Å²) in [5.41, 5.74) is 3.40. The van der Waals surface area contributed by atoms with Crippen LogP contribution in [0.25, 0.3) is 11.2 Å². The molecule has 0 spiro atoms. The van der Waals surface area contributed by atoms with Gasteiger partial charge in [-0.05, 0) is 38.5 Å². The Morgan fingerprint density at radius 3 is 2.68 bits per heavy atom.